The molecule has 1 amide bonds. The van der Waals surface area contributed by atoms with E-state index in [4.69, 9.17) is 0 Å². The van der Waals surface area contributed by atoms with E-state index < -0.39 is 9.84 Å². The quantitative estimate of drug-likeness (QED) is 0.556. The molecule has 0 bridgehead atoms. The van der Waals surface area contributed by atoms with E-state index in [2.05, 4.69) is 25.4 Å². The molecule has 1 aliphatic carbocycles. The summed E-state index contributed by atoms with van der Waals surface area (Å²) < 4.78 is 23.2. The lowest BCUT2D eigenvalue weighted by molar-refractivity contribution is 0.102. The van der Waals surface area contributed by atoms with Gasteiger partial charge in [0.15, 0.2) is 15.7 Å². The first-order valence-electron chi connectivity index (χ1n) is 11.3. The molecule has 1 aromatic heterocycles. The summed E-state index contributed by atoms with van der Waals surface area (Å²) in [5, 5.41) is 10.3. The van der Waals surface area contributed by atoms with Crippen LogP contribution in [-0.2, 0) is 22.8 Å². The Morgan fingerprint density at radius 2 is 1.85 bits per heavy atom. The molecule has 0 atom stereocenters. The normalized spacial score (nSPS) is 18.2. The first kappa shape index (κ1) is 21.8. The van der Waals surface area contributed by atoms with Gasteiger partial charge in [0.25, 0.3) is 5.91 Å². The number of aromatic nitrogens is 3. The average Bonchev–Trinajstić information content (AvgIpc) is 3.50. The van der Waals surface area contributed by atoms with Gasteiger partial charge in [-0.05, 0) is 60.7 Å². The van der Waals surface area contributed by atoms with Gasteiger partial charge in [0, 0.05) is 42.9 Å². The second-order valence-corrected chi connectivity index (χ2v) is 11.2. The first-order chi connectivity index (χ1) is 15.9. The Balaban J connectivity index is 1.19. The average molecular weight is 466 g/mol. The van der Waals surface area contributed by atoms with E-state index in [1.54, 1.807) is 6.07 Å². The van der Waals surface area contributed by atoms with E-state index >= 15 is 0 Å². The zero-order valence-corrected chi connectivity index (χ0v) is 19.1. The number of carbonyl (C=O) groups is 1. The molecule has 33 heavy (non-hydrogen) atoms. The molecule has 9 heteroatoms. The van der Waals surface area contributed by atoms with Crippen LogP contribution < -0.4 is 5.32 Å². The number of benzene rings is 2. The molecule has 2 fully saturated rings. The fraction of sp³-hybridized carbons (Fsp3) is 0.375. The molecule has 0 radical (unpaired) electrons. The Morgan fingerprint density at radius 3 is 2.58 bits per heavy atom. The highest BCUT2D eigenvalue weighted by atomic mass is 32.2. The van der Waals surface area contributed by atoms with Gasteiger partial charge in [0.1, 0.15) is 5.82 Å². The SMILES string of the molecule is O=C(Nc1ccc(-c2n[nH]c(CC3CC3)n2)cc1)c1cccc(CN2CCS(=O)(=O)CC2)c1. The minimum Gasteiger partial charge on any atom is -0.322 e. The highest BCUT2D eigenvalue weighted by Crippen LogP contribution is 2.32. The fourth-order valence-corrected chi connectivity index (χ4v) is 5.27. The molecule has 1 saturated carbocycles. The number of rotatable bonds is 7. The molecule has 3 aromatic rings. The third-order valence-corrected chi connectivity index (χ3v) is 7.75. The monoisotopic (exact) mass is 465 g/mol. The Kier molecular flexibility index (Phi) is 5.99. The summed E-state index contributed by atoms with van der Waals surface area (Å²) in [7, 11) is -2.90. The molecule has 2 aromatic carbocycles. The first-order valence-corrected chi connectivity index (χ1v) is 13.1. The van der Waals surface area contributed by atoms with Gasteiger partial charge < -0.3 is 5.32 Å². The predicted octanol–water partition coefficient (Wildman–Crippen LogP) is 2.91. The molecule has 1 saturated heterocycles. The number of hydrogen-bond donors (Lipinski definition) is 2. The number of aromatic amines is 1. The van der Waals surface area contributed by atoms with Gasteiger partial charge in [0.05, 0.1) is 11.5 Å². The number of H-pyrrole nitrogens is 1. The zero-order valence-electron chi connectivity index (χ0n) is 18.3. The highest BCUT2D eigenvalue weighted by molar-refractivity contribution is 7.91. The number of nitrogens with zero attached hydrogens (tertiary/aromatic N) is 3. The van der Waals surface area contributed by atoms with Crippen LogP contribution in [0.15, 0.2) is 48.5 Å². The third kappa shape index (κ3) is 5.66. The molecule has 2 N–H and O–H groups in total. The van der Waals surface area contributed by atoms with E-state index in [0.29, 0.717) is 36.7 Å². The minimum absolute atomic E-state index is 0.185. The fourth-order valence-electron chi connectivity index (χ4n) is 3.99. The molecule has 1 aliphatic heterocycles. The maximum Gasteiger partial charge on any atom is 0.255 e. The van der Waals surface area contributed by atoms with Crippen molar-refractivity contribution in [3.05, 3.63) is 65.5 Å². The van der Waals surface area contributed by atoms with E-state index in [1.807, 2.05) is 42.5 Å². The van der Waals surface area contributed by atoms with Crippen LogP contribution in [0.25, 0.3) is 11.4 Å². The van der Waals surface area contributed by atoms with Crippen molar-refractivity contribution >= 4 is 21.4 Å². The van der Waals surface area contributed by atoms with Crippen LogP contribution in [-0.4, -0.2) is 59.0 Å². The molecule has 5 rings (SSSR count). The summed E-state index contributed by atoms with van der Waals surface area (Å²) in [6, 6.07) is 15.0. The maximum absolute atomic E-state index is 12.8. The number of amides is 1. The maximum atomic E-state index is 12.8. The van der Waals surface area contributed by atoms with Crippen LogP contribution in [0, 0.1) is 5.92 Å². The summed E-state index contributed by atoms with van der Waals surface area (Å²) >= 11 is 0. The Morgan fingerprint density at radius 1 is 1.09 bits per heavy atom. The number of carbonyl (C=O) groups excluding carboxylic acids is 1. The van der Waals surface area contributed by atoms with Crippen molar-refractivity contribution < 1.29 is 13.2 Å². The summed E-state index contributed by atoms with van der Waals surface area (Å²) in [6.07, 6.45) is 3.50. The summed E-state index contributed by atoms with van der Waals surface area (Å²) in [6.45, 7) is 1.68. The van der Waals surface area contributed by atoms with Crippen LogP contribution in [0.3, 0.4) is 0 Å². The molecule has 172 valence electrons. The van der Waals surface area contributed by atoms with Gasteiger partial charge in [-0.3, -0.25) is 14.8 Å². The highest BCUT2D eigenvalue weighted by Gasteiger charge is 2.23. The van der Waals surface area contributed by atoms with Gasteiger partial charge in [-0.2, -0.15) is 5.10 Å². The molecule has 0 unspecified atom stereocenters. The molecule has 8 nitrogen and oxygen atoms in total. The summed E-state index contributed by atoms with van der Waals surface area (Å²) in [5.41, 5.74) is 3.16. The topological polar surface area (TPSA) is 108 Å². The molecular weight excluding hydrogens is 438 g/mol. The van der Waals surface area contributed by atoms with Gasteiger partial charge in [-0.1, -0.05) is 12.1 Å². The van der Waals surface area contributed by atoms with Crippen LogP contribution >= 0.6 is 0 Å². The van der Waals surface area contributed by atoms with Crippen molar-refractivity contribution in [2.45, 2.75) is 25.8 Å². The predicted molar refractivity (Wildman–Crippen MR) is 127 cm³/mol. The van der Waals surface area contributed by atoms with Gasteiger partial charge >= 0.3 is 0 Å². The Hall–Kier alpha value is -3.04. The lowest BCUT2D eigenvalue weighted by Crippen LogP contribution is -2.39. The van der Waals surface area contributed by atoms with E-state index in [-0.39, 0.29) is 17.4 Å². The lowest BCUT2D eigenvalue weighted by Gasteiger charge is -2.26. The summed E-state index contributed by atoms with van der Waals surface area (Å²) in [4.78, 5) is 19.5. The largest absolute Gasteiger partial charge is 0.322 e. The van der Waals surface area contributed by atoms with Gasteiger partial charge in [0.2, 0.25) is 0 Å². The lowest BCUT2D eigenvalue weighted by atomic mass is 10.1. The minimum atomic E-state index is -2.90. The van der Waals surface area contributed by atoms with Crippen LogP contribution in [0.5, 0.6) is 0 Å². The van der Waals surface area contributed by atoms with Crippen molar-refractivity contribution in [2.24, 2.45) is 5.92 Å². The van der Waals surface area contributed by atoms with Crippen LogP contribution in [0.4, 0.5) is 5.69 Å². The van der Waals surface area contributed by atoms with E-state index in [1.165, 1.54) is 12.8 Å². The van der Waals surface area contributed by atoms with Gasteiger partial charge in [-0.25, -0.2) is 13.4 Å². The van der Waals surface area contributed by atoms with E-state index in [0.717, 1.165) is 29.3 Å². The third-order valence-electron chi connectivity index (χ3n) is 6.14. The molecule has 2 heterocycles. The van der Waals surface area contributed by atoms with Crippen molar-refractivity contribution in [1.82, 2.24) is 20.1 Å². The van der Waals surface area contributed by atoms with Crippen LogP contribution in [0.2, 0.25) is 0 Å². The van der Waals surface area contributed by atoms with Crippen molar-refractivity contribution in [3.63, 3.8) is 0 Å². The van der Waals surface area contributed by atoms with Crippen molar-refractivity contribution in [2.75, 3.05) is 29.9 Å². The molecule has 2 aliphatic rings. The van der Waals surface area contributed by atoms with Gasteiger partial charge in [-0.15, -0.1) is 0 Å². The standard InChI is InChI=1S/C24H27N5O3S/c30-24(20-3-1-2-18(14-20)16-29-10-12-33(31,32)13-11-29)25-21-8-6-19(7-9-21)23-26-22(27-28-23)15-17-4-5-17/h1-3,6-9,14,17H,4-5,10-13,15-16H2,(H,25,30)(H,26,27,28). The second-order valence-electron chi connectivity index (χ2n) is 8.91. The number of nitrogens with one attached hydrogen (secondary N) is 2. The van der Waals surface area contributed by atoms with Crippen LogP contribution in [0.1, 0.15) is 34.6 Å². The van der Waals surface area contributed by atoms with E-state index in [9.17, 15) is 13.2 Å². The second kappa shape index (κ2) is 9.07. The number of sulfone groups is 1. The van der Waals surface area contributed by atoms with Crippen molar-refractivity contribution in [3.8, 4) is 11.4 Å². The zero-order chi connectivity index (χ0) is 22.8. The number of hydrogen-bond acceptors (Lipinski definition) is 6. The Labute approximate surface area is 193 Å². The summed E-state index contributed by atoms with van der Waals surface area (Å²) in [5.74, 6) is 2.54. The molecule has 0 spiro atoms. The Bertz CT molecular complexity index is 1240. The molecular formula is C24H27N5O3S. The van der Waals surface area contributed by atoms with Crippen molar-refractivity contribution in [1.29, 1.82) is 0 Å². The smallest absolute Gasteiger partial charge is 0.255 e. The number of anilines is 1.